The highest BCUT2D eigenvalue weighted by atomic mass is 32.2. The molecule has 8 heteroatoms. The van der Waals surface area contributed by atoms with E-state index in [0.29, 0.717) is 13.0 Å². The number of hydrogen-bond acceptors (Lipinski definition) is 5. The number of benzene rings is 1. The van der Waals surface area contributed by atoms with Crippen molar-refractivity contribution in [3.8, 4) is 0 Å². The van der Waals surface area contributed by atoms with Gasteiger partial charge in [0.2, 0.25) is 10.0 Å². The molecule has 0 saturated carbocycles. The van der Waals surface area contributed by atoms with Gasteiger partial charge in [-0.2, -0.15) is 0 Å². The molecule has 0 amide bonds. The second kappa shape index (κ2) is 6.40. The van der Waals surface area contributed by atoms with Crippen molar-refractivity contribution < 1.29 is 13.3 Å². The zero-order valence-corrected chi connectivity index (χ0v) is 13.5. The molecular formula is C13H21N3O4S. The van der Waals surface area contributed by atoms with Gasteiger partial charge in [0.25, 0.3) is 0 Å². The van der Waals surface area contributed by atoms with Gasteiger partial charge >= 0.3 is 5.69 Å². The van der Waals surface area contributed by atoms with E-state index < -0.39 is 26.2 Å². The second-order valence-electron chi connectivity index (χ2n) is 5.28. The van der Waals surface area contributed by atoms with Crippen LogP contribution < -0.4 is 10.0 Å². The standard InChI is InChI=1S/C13H21N3O4S/c1-5-13(3,4)15-21(19,20)11-9-7-8-10(14-6-2)12(11)16(17)18/h7-9,14-15H,5-6H2,1-4H3. The number of nitro benzene ring substituents is 1. The van der Waals surface area contributed by atoms with Crippen molar-refractivity contribution in [3.63, 3.8) is 0 Å². The number of nitrogens with one attached hydrogen (secondary N) is 2. The highest BCUT2D eigenvalue weighted by molar-refractivity contribution is 7.89. The Bertz CT molecular complexity index is 626. The maximum Gasteiger partial charge on any atom is 0.312 e. The van der Waals surface area contributed by atoms with Crippen LogP contribution in [0.1, 0.15) is 34.1 Å². The molecule has 118 valence electrons. The van der Waals surface area contributed by atoms with Gasteiger partial charge in [0.1, 0.15) is 5.69 Å². The molecule has 0 atom stereocenters. The van der Waals surface area contributed by atoms with E-state index in [1.165, 1.54) is 18.2 Å². The van der Waals surface area contributed by atoms with Crippen molar-refractivity contribution in [3.05, 3.63) is 28.3 Å². The Balaban J connectivity index is 3.42. The topological polar surface area (TPSA) is 101 Å². The Kier molecular flexibility index (Phi) is 5.30. The van der Waals surface area contributed by atoms with Crippen LogP contribution in [0.4, 0.5) is 11.4 Å². The van der Waals surface area contributed by atoms with E-state index in [0.717, 1.165) is 0 Å². The third kappa shape index (κ3) is 4.15. The van der Waals surface area contributed by atoms with Gasteiger partial charge < -0.3 is 5.32 Å². The van der Waals surface area contributed by atoms with E-state index in [9.17, 15) is 18.5 Å². The fraction of sp³-hybridized carbons (Fsp3) is 0.538. The SMILES string of the molecule is CCNc1cccc(S(=O)(=O)NC(C)(C)CC)c1[N+](=O)[O-]. The van der Waals surface area contributed by atoms with Gasteiger partial charge in [0, 0.05) is 12.1 Å². The molecule has 21 heavy (non-hydrogen) atoms. The highest BCUT2D eigenvalue weighted by Crippen LogP contribution is 2.32. The minimum Gasteiger partial charge on any atom is -0.380 e. The lowest BCUT2D eigenvalue weighted by molar-refractivity contribution is -0.386. The lowest BCUT2D eigenvalue weighted by Crippen LogP contribution is -2.42. The zero-order chi connectivity index (χ0) is 16.3. The molecule has 1 aromatic carbocycles. The van der Waals surface area contributed by atoms with Crippen molar-refractivity contribution >= 4 is 21.4 Å². The van der Waals surface area contributed by atoms with Crippen LogP contribution in [-0.2, 0) is 10.0 Å². The second-order valence-corrected chi connectivity index (χ2v) is 6.93. The predicted molar refractivity (Wildman–Crippen MR) is 82.0 cm³/mol. The average molecular weight is 315 g/mol. The van der Waals surface area contributed by atoms with Crippen LogP contribution in [0.5, 0.6) is 0 Å². The molecule has 0 spiro atoms. The summed E-state index contributed by atoms with van der Waals surface area (Å²) < 4.78 is 27.4. The van der Waals surface area contributed by atoms with Crippen molar-refractivity contribution in [2.24, 2.45) is 0 Å². The molecule has 0 radical (unpaired) electrons. The van der Waals surface area contributed by atoms with Gasteiger partial charge in [-0.05, 0) is 39.3 Å². The smallest absolute Gasteiger partial charge is 0.312 e. The summed E-state index contributed by atoms with van der Waals surface area (Å²) in [6.07, 6.45) is 0.562. The Morgan fingerprint density at radius 1 is 1.29 bits per heavy atom. The minimum atomic E-state index is -3.98. The van der Waals surface area contributed by atoms with Gasteiger partial charge in [0.05, 0.1) is 4.92 Å². The molecule has 1 rings (SSSR count). The van der Waals surface area contributed by atoms with E-state index in [2.05, 4.69) is 10.0 Å². The van der Waals surface area contributed by atoms with Crippen LogP contribution in [0.25, 0.3) is 0 Å². The van der Waals surface area contributed by atoms with Gasteiger partial charge in [-0.25, -0.2) is 13.1 Å². The van der Waals surface area contributed by atoms with Crippen molar-refractivity contribution in [1.29, 1.82) is 0 Å². The molecule has 1 aromatic rings. The zero-order valence-electron chi connectivity index (χ0n) is 12.6. The van der Waals surface area contributed by atoms with E-state index in [-0.39, 0.29) is 10.6 Å². The molecule has 0 aliphatic rings. The first kappa shape index (κ1) is 17.4. The summed E-state index contributed by atoms with van der Waals surface area (Å²) in [7, 11) is -3.98. The summed E-state index contributed by atoms with van der Waals surface area (Å²) in [5, 5.41) is 14.1. The van der Waals surface area contributed by atoms with Crippen LogP contribution in [0, 0.1) is 10.1 Å². The molecule has 0 bridgehead atoms. The summed E-state index contributed by atoms with van der Waals surface area (Å²) in [4.78, 5) is 10.3. The molecule has 0 fully saturated rings. The fourth-order valence-electron chi connectivity index (χ4n) is 1.75. The summed E-state index contributed by atoms with van der Waals surface area (Å²) >= 11 is 0. The first-order chi connectivity index (χ1) is 9.64. The van der Waals surface area contributed by atoms with Gasteiger partial charge in [0.15, 0.2) is 4.90 Å². The van der Waals surface area contributed by atoms with Crippen LogP contribution in [0.15, 0.2) is 23.1 Å². The molecular weight excluding hydrogens is 294 g/mol. The van der Waals surface area contributed by atoms with Crippen LogP contribution in [0.3, 0.4) is 0 Å². The van der Waals surface area contributed by atoms with Crippen molar-refractivity contribution in [2.75, 3.05) is 11.9 Å². The largest absolute Gasteiger partial charge is 0.380 e. The monoisotopic (exact) mass is 315 g/mol. The Hall–Kier alpha value is -1.67. The first-order valence-corrected chi connectivity index (χ1v) is 8.18. The number of anilines is 1. The van der Waals surface area contributed by atoms with Crippen LogP contribution in [0.2, 0.25) is 0 Å². The maximum absolute atomic E-state index is 12.4. The Morgan fingerprint density at radius 2 is 1.90 bits per heavy atom. The maximum atomic E-state index is 12.4. The van der Waals surface area contributed by atoms with Crippen LogP contribution in [-0.4, -0.2) is 25.4 Å². The number of nitrogens with zero attached hydrogens (tertiary/aromatic N) is 1. The summed E-state index contributed by atoms with van der Waals surface area (Å²) in [5.74, 6) is 0. The van der Waals surface area contributed by atoms with Gasteiger partial charge in [-0.1, -0.05) is 13.0 Å². The normalized spacial score (nSPS) is 12.2. The third-order valence-electron chi connectivity index (χ3n) is 3.13. The molecule has 0 heterocycles. The lowest BCUT2D eigenvalue weighted by Gasteiger charge is -2.24. The third-order valence-corrected chi connectivity index (χ3v) is 4.86. The number of nitro groups is 1. The number of hydrogen-bond donors (Lipinski definition) is 2. The number of rotatable bonds is 7. The molecule has 0 aliphatic heterocycles. The van der Waals surface area contributed by atoms with Crippen molar-refractivity contribution in [1.82, 2.24) is 4.72 Å². The van der Waals surface area contributed by atoms with Crippen molar-refractivity contribution in [2.45, 2.75) is 44.6 Å². The molecule has 0 aromatic heterocycles. The average Bonchev–Trinajstić information content (AvgIpc) is 2.37. The van der Waals surface area contributed by atoms with E-state index in [1.807, 2.05) is 6.92 Å². The Labute approximate surface area is 124 Å². The van der Waals surface area contributed by atoms with Gasteiger partial charge in [-0.3, -0.25) is 10.1 Å². The molecule has 0 saturated heterocycles. The highest BCUT2D eigenvalue weighted by Gasteiger charge is 2.32. The molecule has 7 nitrogen and oxygen atoms in total. The minimum absolute atomic E-state index is 0.194. The number of para-hydroxylation sites is 1. The first-order valence-electron chi connectivity index (χ1n) is 6.70. The lowest BCUT2D eigenvalue weighted by atomic mass is 10.0. The van der Waals surface area contributed by atoms with E-state index in [4.69, 9.17) is 0 Å². The summed E-state index contributed by atoms with van der Waals surface area (Å²) in [6, 6.07) is 4.22. The van der Waals surface area contributed by atoms with Crippen LogP contribution >= 0.6 is 0 Å². The predicted octanol–water partition coefficient (Wildman–Crippen LogP) is 2.49. The Morgan fingerprint density at radius 3 is 2.38 bits per heavy atom. The van der Waals surface area contributed by atoms with Gasteiger partial charge in [-0.15, -0.1) is 0 Å². The van der Waals surface area contributed by atoms with E-state index in [1.54, 1.807) is 20.8 Å². The number of sulfonamides is 1. The molecule has 0 aliphatic carbocycles. The molecule has 2 N–H and O–H groups in total. The van der Waals surface area contributed by atoms with E-state index >= 15 is 0 Å². The molecule has 0 unspecified atom stereocenters. The summed E-state index contributed by atoms with van der Waals surface area (Å²) in [5.41, 5.74) is -0.917. The summed E-state index contributed by atoms with van der Waals surface area (Å²) in [6.45, 7) is 7.53. The quantitative estimate of drug-likeness (QED) is 0.594. The fourth-order valence-corrected chi connectivity index (χ4v) is 3.43.